The van der Waals surface area contributed by atoms with Crippen molar-refractivity contribution in [2.75, 3.05) is 19.8 Å². The Morgan fingerprint density at radius 3 is 2.30 bits per heavy atom. The molecule has 0 spiro atoms. The summed E-state index contributed by atoms with van der Waals surface area (Å²) in [6, 6.07) is 14.9. The number of aromatic nitrogens is 1. The van der Waals surface area contributed by atoms with E-state index in [4.69, 9.17) is 19.3 Å². The van der Waals surface area contributed by atoms with Gasteiger partial charge in [-0.15, -0.1) is 11.3 Å². The van der Waals surface area contributed by atoms with E-state index in [9.17, 15) is 4.79 Å². The van der Waals surface area contributed by atoms with Gasteiger partial charge in [-0.3, -0.25) is 0 Å². The number of rotatable bonds is 9. The number of hydrogen-bond donors (Lipinski definition) is 1. The standard InChI is InChI=1S/C20H19NO5S/c1-2-24-17-5-3-4-6-18(17)26-12-11-25-15-9-7-14(8-10-15)19-21-16(13-27-19)20(22)23/h3-10,13H,2,11-12H2,1H3,(H,22,23). The van der Waals surface area contributed by atoms with Crippen LogP contribution < -0.4 is 14.2 Å². The fraction of sp³-hybridized carbons (Fsp3) is 0.200. The van der Waals surface area contributed by atoms with Crippen LogP contribution in [0.3, 0.4) is 0 Å². The van der Waals surface area contributed by atoms with Crippen molar-refractivity contribution in [2.45, 2.75) is 6.92 Å². The molecule has 1 heterocycles. The topological polar surface area (TPSA) is 77.9 Å². The molecule has 27 heavy (non-hydrogen) atoms. The van der Waals surface area contributed by atoms with Gasteiger partial charge in [0.15, 0.2) is 17.2 Å². The van der Waals surface area contributed by atoms with Crippen LogP contribution in [0.25, 0.3) is 10.6 Å². The van der Waals surface area contributed by atoms with Gasteiger partial charge in [-0.2, -0.15) is 0 Å². The molecule has 0 saturated carbocycles. The summed E-state index contributed by atoms with van der Waals surface area (Å²) >= 11 is 1.30. The molecule has 6 nitrogen and oxygen atoms in total. The summed E-state index contributed by atoms with van der Waals surface area (Å²) in [4.78, 5) is 15.0. The van der Waals surface area contributed by atoms with Gasteiger partial charge >= 0.3 is 5.97 Å². The summed E-state index contributed by atoms with van der Waals surface area (Å²) in [7, 11) is 0. The predicted molar refractivity (Wildman–Crippen MR) is 103 cm³/mol. The Morgan fingerprint density at radius 2 is 1.67 bits per heavy atom. The molecule has 0 unspecified atom stereocenters. The lowest BCUT2D eigenvalue weighted by Gasteiger charge is -2.12. The average molecular weight is 385 g/mol. The number of thiazole rings is 1. The Kier molecular flexibility index (Phi) is 6.27. The normalized spacial score (nSPS) is 10.4. The summed E-state index contributed by atoms with van der Waals surface area (Å²) in [5.74, 6) is 1.09. The van der Waals surface area contributed by atoms with Gasteiger partial charge in [0.2, 0.25) is 0 Å². The second-order valence-corrected chi connectivity index (χ2v) is 6.30. The molecule has 2 aromatic carbocycles. The van der Waals surface area contributed by atoms with Gasteiger partial charge in [0.1, 0.15) is 24.0 Å². The van der Waals surface area contributed by atoms with E-state index in [0.29, 0.717) is 42.1 Å². The molecule has 1 aromatic heterocycles. The molecule has 0 aliphatic heterocycles. The van der Waals surface area contributed by atoms with E-state index in [1.54, 1.807) is 0 Å². The van der Waals surface area contributed by atoms with E-state index in [-0.39, 0.29) is 5.69 Å². The molecule has 3 aromatic rings. The molecule has 0 amide bonds. The minimum atomic E-state index is -1.02. The Labute approximate surface area is 161 Å². The maximum Gasteiger partial charge on any atom is 0.355 e. The SMILES string of the molecule is CCOc1ccccc1OCCOc1ccc(-c2nc(C(=O)O)cs2)cc1. The number of carboxylic acids is 1. The monoisotopic (exact) mass is 385 g/mol. The Balaban J connectivity index is 1.51. The molecule has 0 fully saturated rings. The summed E-state index contributed by atoms with van der Waals surface area (Å²) in [5.41, 5.74) is 0.904. The molecule has 0 saturated heterocycles. The maximum atomic E-state index is 10.9. The summed E-state index contributed by atoms with van der Waals surface area (Å²) in [6.07, 6.45) is 0. The first kappa shape index (κ1) is 18.7. The molecular formula is C20H19NO5S. The second kappa shape index (κ2) is 9.05. The third kappa shape index (κ3) is 4.98. The molecule has 140 valence electrons. The van der Waals surface area contributed by atoms with Gasteiger partial charge in [-0.1, -0.05) is 12.1 Å². The van der Waals surface area contributed by atoms with Gasteiger partial charge in [-0.05, 0) is 43.3 Å². The lowest BCUT2D eigenvalue weighted by atomic mass is 10.2. The van der Waals surface area contributed by atoms with Crippen LogP contribution in [-0.2, 0) is 0 Å². The molecular weight excluding hydrogens is 366 g/mol. The molecule has 1 N–H and O–H groups in total. The zero-order valence-electron chi connectivity index (χ0n) is 14.8. The van der Waals surface area contributed by atoms with E-state index in [1.165, 1.54) is 16.7 Å². The molecule has 0 aliphatic rings. The van der Waals surface area contributed by atoms with Crippen LogP contribution in [0.4, 0.5) is 0 Å². The highest BCUT2D eigenvalue weighted by Crippen LogP contribution is 2.27. The van der Waals surface area contributed by atoms with E-state index in [0.717, 1.165) is 5.56 Å². The molecule has 0 radical (unpaired) electrons. The van der Waals surface area contributed by atoms with E-state index in [1.807, 2.05) is 55.5 Å². The molecule has 0 bridgehead atoms. The molecule has 3 rings (SSSR count). The van der Waals surface area contributed by atoms with Crippen LogP contribution >= 0.6 is 11.3 Å². The number of benzene rings is 2. The van der Waals surface area contributed by atoms with Crippen molar-refractivity contribution in [3.8, 4) is 27.8 Å². The van der Waals surface area contributed by atoms with Gasteiger partial charge in [0.25, 0.3) is 0 Å². The van der Waals surface area contributed by atoms with Gasteiger partial charge in [-0.25, -0.2) is 9.78 Å². The van der Waals surface area contributed by atoms with Gasteiger partial charge in [0, 0.05) is 10.9 Å². The third-order valence-corrected chi connectivity index (χ3v) is 4.47. The Hall–Kier alpha value is -3.06. The lowest BCUT2D eigenvalue weighted by Crippen LogP contribution is -2.09. The van der Waals surface area contributed by atoms with Crippen LogP contribution in [-0.4, -0.2) is 35.9 Å². The molecule has 0 atom stereocenters. The number of hydrogen-bond acceptors (Lipinski definition) is 6. The summed E-state index contributed by atoms with van der Waals surface area (Å²) in [6.45, 7) is 3.29. The van der Waals surface area contributed by atoms with Crippen molar-refractivity contribution in [2.24, 2.45) is 0 Å². The van der Waals surface area contributed by atoms with Crippen molar-refractivity contribution in [1.29, 1.82) is 0 Å². The lowest BCUT2D eigenvalue weighted by molar-refractivity contribution is 0.0691. The highest BCUT2D eigenvalue weighted by atomic mass is 32.1. The summed E-state index contributed by atoms with van der Waals surface area (Å²) in [5, 5.41) is 11.1. The fourth-order valence-corrected chi connectivity index (χ4v) is 3.15. The molecule has 7 heteroatoms. The second-order valence-electron chi connectivity index (χ2n) is 5.44. The quantitative estimate of drug-likeness (QED) is 0.551. The highest BCUT2D eigenvalue weighted by molar-refractivity contribution is 7.13. The van der Waals surface area contributed by atoms with Crippen molar-refractivity contribution < 1.29 is 24.1 Å². The minimum absolute atomic E-state index is 0.0554. The number of carboxylic acid groups (broad SMARTS) is 1. The Bertz CT molecular complexity index is 891. The number of aromatic carboxylic acids is 1. The van der Waals surface area contributed by atoms with Crippen molar-refractivity contribution in [3.63, 3.8) is 0 Å². The number of nitrogens with zero attached hydrogens (tertiary/aromatic N) is 1. The predicted octanol–water partition coefficient (Wildman–Crippen LogP) is 4.36. The van der Waals surface area contributed by atoms with Gasteiger partial charge < -0.3 is 19.3 Å². The van der Waals surface area contributed by atoms with E-state index >= 15 is 0 Å². The maximum absolute atomic E-state index is 10.9. The van der Waals surface area contributed by atoms with Crippen LogP contribution in [0.15, 0.2) is 53.9 Å². The first-order valence-electron chi connectivity index (χ1n) is 8.44. The summed E-state index contributed by atoms with van der Waals surface area (Å²) < 4.78 is 16.9. The smallest absolute Gasteiger partial charge is 0.355 e. The minimum Gasteiger partial charge on any atom is -0.490 e. The fourth-order valence-electron chi connectivity index (χ4n) is 2.35. The number of carbonyl (C=O) groups is 1. The number of para-hydroxylation sites is 2. The largest absolute Gasteiger partial charge is 0.490 e. The first-order valence-corrected chi connectivity index (χ1v) is 9.32. The highest BCUT2D eigenvalue weighted by Gasteiger charge is 2.10. The van der Waals surface area contributed by atoms with E-state index < -0.39 is 5.97 Å². The van der Waals surface area contributed by atoms with Crippen molar-refractivity contribution in [1.82, 2.24) is 4.98 Å². The van der Waals surface area contributed by atoms with Crippen LogP contribution in [0.2, 0.25) is 0 Å². The first-order chi connectivity index (χ1) is 13.2. The molecule has 0 aliphatic carbocycles. The Morgan fingerprint density at radius 1 is 1.00 bits per heavy atom. The van der Waals surface area contributed by atoms with Crippen LogP contribution in [0.5, 0.6) is 17.2 Å². The third-order valence-electron chi connectivity index (χ3n) is 3.58. The number of ether oxygens (including phenoxy) is 3. The van der Waals surface area contributed by atoms with Crippen LogP contribution in [0, 0.1) is 0 Å². The van der Waals surface area contributed by atoms with Crippen molar-refractivity contribution >= 4 is 17.3 Å². The van der Waals surface area contributed by atoms with Crippen molar-refractivity contribution in [3.05, 3.63) is 59.6 Å². The van der Waals surface area contributed by atoms with E-state index in [2.05, 4.69) is 4.98 Å². The van der Waals surface area contributed by atoms with Crippen LogP contribution in [0.1, 0.15) is 17.4 Å². The van der Waals surface area contributed by atoms with Gasteiger partial charge in [0.05, 0.1) is 6.61 Å². The zero-order valence-corrected chi connectivity index (χ0v) is 15.6. The zero-order chi connectivity index (χ0) is 19.1. The average Bonchev–Trinajstić information content (AvgIpc) is 3.18.